The quantitative estimate of drug-likeness (QED) is 0.00932. The van der Waals surface area contributed by atoms with Crippen molar-refractivity contribution in [2.24, 2.45) is 27.4 Å². The Morgan fingerprint density at radius 2 is 0.767 bits per heavy atom. The van der Waals surface area contributed by atoms with Gasteiger partial charge >= 0.3 is 77.0 Å². The number of anilines is 3. The number of pyridine rings is 8. The van der Waals surface area contributed by atoms with Crippen LogP contribution in [0.1, 0.15) is 142 Å². The monoisotopic (exact) mass is 2130 g/mol. The first-order valence-electron chi connectivity index (χ1n) is 43.2. The third-order valence-electron chi connectivity index (χ3n) is 27.6. The van der Waals surface area contributed by atoms with Gasteiger partial charge in [0, 0.05) is 59.8 Å². The minimum Gasteiger partial charge on any atom is -0.870 e. The summed E-state index contributed by atoms with van der Waals surface area (Å²) in [4.78, 5) is 128. The number of nitrogens with two attached hydrogens (primary N) is 1. The van der Waals surface area contributed by atoms with Crippen molar-refractivity contribution in [2.45, 2.75) is 212 Å². The Hall–Kier alpha value is -5.41. The van der Waals surface area contributed by atoms with Gasteiger partial charge in [0.15, 0.2) is 21.7 Å². The van der Waals surface area contributed by atoms with Gasteiger partial charge in [-0.05, 0) is 265 Å². The second-order valence-electron chi connectivity index (χ2n) is 35.0. The van der Waals surface area contributed by atoms with Gasteiger partial charge in [-0.25, -0.2) is 26.2 Å². The first-order chi connectivity index (χ1) is 61.5. The molecule has 0 saturated heterocycles. The molecule has 6 N–H and O–H groups in total. The molecule has 4 spiro atoms. The average Bonchev–Trinajstić information content (AvgIpc) is 0.736. The Morgan fingerprint density at radius 1 is 0.466 bits per heavy atom. The number of aromatic nitrogens is 8. The van der Waals surface area contributed by atoms with Crippen LogP contribution < -0.4 is 102 Å². The van der Waals surface area contributed by atoms with Gasteiger partial charge in [-0.2, -0.15) is 0 Å². The van der Waals surface area contributed by atoms with Gasteiger partial charge < -0.3 is 69.4 Å². The number of rotatable bonds is 20. The second-order valence-corrected chi connectivity index (χ2v) is 40.3. The standard InChI is InChI=1S/C24H26ClN3O3S.C23H24ClN3O3S.C23H23ClN3O2S.C17H14Cl2N2O3S.C7H13N.CH3I.ClH.2Na.2H2O/c1-3-31-19(29)13-28-20-15(5-7-17(25)22(20)32-2)21(30)16-6-8-18(27-23(16)28)26-14-11-24(12-14)9-4-10-24;1-26(13-10-23(11-13)8-3-9-23)17-7-5-15-20(30)14-4-6-16(24)21(31-2)19(14)27(12-18(28)29)22(15)25-17;1-26(14-12-23(13-14)8-3-9-23)18-7-5-16-20(29)15-4-6-17(24)21(30-2)19(15)27(10-11-28)22(16)25-18;1-3-24-13(22)8-21-14-9(4-6-11(18)16(14)25-2)15(23)10-5-7-12(19)20-17(10)21;8-6-4-7(5-6)2-1-3-7;1-2;;;;;/h5-8,14H,3-4,9-13H2,1-2H3,(H,26,27);4-7,13H,3,8-12H2,1-2H3,(H,28,29);4-7,14H,3,8-10,12-13H2,1-2H3;4-7H,3,8H2,1-2H3;6H,1-5,8H2;1H3;1H;;;2*1H2/q;;-1;;;;;2*+1;;/p-2. The van der Waals surface area contributed by atoms with E-state index in [-0.39, 0.29) is 155 Å². The molecule has 0 radical (unpaired) electrons. The summed E-state index contributed by atoms with van der Waals surface area (Å²) in [5.74, 6) is 0.509. The zero-order valence-electron chi connectivity index (χ0n) is 76.2. The van der Waals surface area contributed by atoms with Crippen LogP contribution in [0.2, 0.25) is 25.2 Å². The number of hydrogen-bond acceptors (Lipinski definition) is 24. The summed E-state index contributed by atoms with van der Waals surface area (Å²) in [7, 11) is 4.11. The molecule has 8 aromatic heterocycles. The van der Waals surface area contributed by atoms with E-state index in [9.17, 15) is 43.5 Å². The molecule has 8 aliphatic rings. The maximum Gasteiger partial charge on any atom is 1.00 e. The van der Waals surface area contributed by atoms with Crippen LogP contribution in [0.4, 0.5) is 17.5 Å². The summed E-state index contributed by atoms with van der Waals surface area (Å²) in [6, 6.07) is 29.7. The first kappa shape index (κ1) is 110. The van der Waals surface area contributed by atoms with Gasteiger partial charge in [0.05, 0.1) is 96.5 Å². The van der Waals surface area contributed by atoms with Crippen molar-refractivity contribution in [1.29, 1.82) is 0 Å². The van der Waals surface area contributed by atoms with Crippen LogP contribution in [0.25, 0.3) is 87.7 Å². The van der Waals surface area contributed by atoms with Crippen LogP contribution >= 0.6 is 140 Å². The minimum absolute atomic E-state index is 0. The molecule has 0 amide bonds. The minimum atomic E-state index is -0.996. The molecule has 0 atom stereocenters. The number of carboxylic acid groups (broad SMARTS) is 1. The van der Waals surface area contributed by atoms with Crippen LogP contribution in [-0.4, -0.2) is 160 Å². The maximum atomic E-state index is 13.3. The fourth-order valence-corrected chi connectivity index (χ4v) is 24.9. The number of benzene rings is 4. The summed E-state index contributed by atoms with van der Waals surface area (Å²) in [6.07, 6.45) is 35.7. The van der Waals surface area contributed by atoms with Crippen molar-refractivity contribution >= 4 is 269 Å². The van der Waals surface area contributed by atoms with E-state index in [4.69, 9.17) is 88.2 Å². The first-order valence-corrected chi connectivity index (χ1v) is 52.2. The summed E-state index contributed by atoms with van der Waals surface area (Å²) in [5, 5.41) is 19.2. The Kier molecular flexibility index (Phi) is 38.2. The molecule has 0 unspecified atom stereocenters. The molecule has 8 saturated carbocycles. The van der Waals surface area contributed by atoms with Crippen molar-refractivity contribution in [1.82, 2.24) is 38.2 Å². The molecule has 38 heteroatoms. The molecule has 133 heavy (non-hydrogen) atoms. The molecule has 0 bridgehead atoms. The van der Waals surface area contributed by atoms with Crippen molar-refractivity contribution in [3.8, 4) is 0 Å². The number of carbonyl (C=O) groups is 3. The fourth-order valence-electron chi connectivity index (χ4n) is 20.5. The van der Waals surface area contributed by atoms with E-state index in [0.29, 0.717) is 158 Å². The maximum absolute atomic E-state index is 13.3. The Bertz CT molecular complexity index is 6660. The zero-order valence-corrected chi connectivity index (χ0v) is 90.2. The molecule has 8 aliphatic carbocycles. The number of hydrogen-bond donors (Lipinski definition) is 3. The van der Waals surface area contributed by atoms with Crippen LogP contribution in [0, 0.1) is 21.7 Å². The largest absolute Gasteiger partial charge is 1.00 e. The van der Waals surface area contributed by atoms with Crippen LogP contribution in [0.3, 0.4) is 0 Å². The summed E-state index contributed by atoms with van der Waals surface area (Å²) >= 11 is 39.5. The van der Waals surface area contributed by atoms with Crippen molar-refractivity contribution in [3.05, 3.63) is 163 Å². The van der Waals surface area contributed by atoms with Crippen LogP contribution in [-0.2, 0) is 54.8 Å². The number of nitrogens with zero attached hydrogens (tertiary/aromatic N) is 10. The summed E-state index contributed by atoms with van der Waals surface area (Å²) in [5.41, 5.74) is 11.6. The zero-order chi connectivity index (χ0) is 91.2. The van der Waals surface area contributed by atoms with Gasteiger partial charge in [-0.15, -0.1) is 59.5 Å². The van der Waals surface area contributed by atoms with Crippen LogP contribution in [0.5, 0.6) is 0 Å². The van der Waals surface area contributed by atoms with E-state index in [0.717, 1.165) is 32.7 Å². The smallest absolute Gasteiger partial charge is 0.870 e. The number of carboxylic acids is 1. The van der Waals surface area contributed by atoms with E-state index in [1.54, 1.807) is 105 Å². The number of carbonyl (C=O) groups excluding carboxylic acids is 3. The van der Waals surface area contributed by atoms with E-state index < -0.39 is 11.9 Å². The second kappa shape index (κ2) is 46.3. The third-order valence-corrected chi connectivity index (χ3v) is 32.8. The molecule has 12 aromatic rings. The number of ether oxygens (including phenoxy) is 2. The number of fused-ring (bicyclic) bond motifs is 8. The molecule has 4 aromatic carbocycles. The average molecular weight is 2140 g/mol. The predicted octanol–water partition coefficient (Wildman–Crippen LogP) is 15.4. The Balaban J connectivity index is 0.000000175. The molecule has 700 valence electrons. The normalized spacial score (nSPS) is 17.7. The number of esters is 2. The van der Waals surface area contributed by atoms with Crippen molar-refractivity contribution in [2.75, 3.05) is 72.4 Å². The number of thioether (sulfide) groups is 4. The van der Waals surface area contributed by atoms with Gasteiger partial charge in [0.2, 0.25) is 0 Å². The molecule has 0 aliphatic heterocycles. The van der Waals surface area contributed by atoms with E-state index in [1.807, 2.05) is 67.6 Å². The topological polar surface area (TPSA) is 351 Å². The van der Waals surface area contributed by atoms with Gasteiger partial charge in [0.25, 0.3) is 0 Å². The van der Waals surface area contributed by atoms with Crippen molar-refractivity contribution < 1.29 is 104 Å². The molecule has 8 heterocycles. The molecular weight excluding hydrogens is 2030 g/mol. The third kappa shape index (κ3) is 21.9. The predicted molar refractivity (Wildman–Crippen MR) is 546 cm³/mol. The van der Waals surface area contributed by atoms with E-state index in [1.165, 1.54) is 175 Å². The van der Waals surface area contributed by atoms with E-state index in [2.05, 4.69) is 49.7 Å². The number of halogens is 7. The molecule has 25 nitrogen and oxygen atoms in total. The summed E-state index contributed by atoms with van der Waals surface area (Å²) in [6.45, 7) is 3.62. The Labute approximate surface area is 877 Å². The van der Waals surface area contributed by atoms with E-state index >= 15 is 0 Å². The number of nitrogens with one attached hydrogen (secondary N) is 1. The van der Waals surface area contributed by atoms with Gasteiger partial charge in [0.1, 0.15) is 64.8 Å². The molecular formula is C95H106Cl6IN12Na2O13S4-. The fraction of sp³-hybridized carbons (Fsp3) is 0.453. The number of aliphatic carboxylic acids is 1. The Morgan fingerprint density at radius 3 is 1.08 bits per heavy atom. The van der Waals surface area contributed by atoms with Gasteiger partial charge in [-0.1, -0.05) is 113 Å². The van der Waals surface area contributed by atoms with Gasteiger partial charge in [-0.3, -0.25) is 33.6 Å². The SMILES string of the molecule is CCOC(=O)Cn1c2nc(Cl)ccc2c(=O)c2ccc(Cl)c(SC)c21.CCOC(=O)Cn1c2nc(NC3CC4(CCC4)C3)ccc2c(=O)c2ccc(Cl)c(SC)c21.CI.CSc1c(Cl)ccc2c(=O)c3ccc(N(C)C4CC5(CCC5)C4)nc3n(CC(=O)O)c12.CSc1c(Cl)ccc2c(=O)c3ccc(N(C)C4CC5(CCC5)C4)nc3n(C[C-]=O)c12.Cl.NC1CC2(CCC2)C1.[Na+].[Na+].[OH-].[OH-]. The van der Waals surface area contributed by atoms with Crippen molar-refractivity contribution in [3.63, 3.8) is 0 Å². The number of alkyl halides is 1. The van der Waals surface area contributed by atoms with Crippen LogP contribution in [0.15, 0.2) is 136 Å². The summed E-state index contributed by atoms with van der Waals surface area (Å²) < 4.78 is 17.1. The molecule has 8 fully saturated rings. The molecule has 20 rings (SSSR count).